The molecule has 0 saturated carbocycles. The molecule has 5 rings (SSSR count). The normalized spacial score (nSPS) is 15.3. The first-order valence-corrected chi connectivity index (χ1v) is 12.1. The topological polar surface area (TPSA) is 114 Å². The number of amides is 3. The van der Waals surface area contributed by atoms with E-state index in [9.17, 15) is 14.4 Å². The summed E-state index contributed by atoms with van der Waals surface area (Å²) in [7, 11) is 0. The Morgan fingerprint density at radius 3 is 2.51 bits per heavy atom. The number of carboxylic acid groups (broad SMARTS) is 1. The fourth-order valence-corrected chi connectivity index (χ4v) is 4.60. The molecule has 188 valence electrons. The van der Waals surface area contributed by atoms with Crippen molar-refractivity contribution in [1.29, 1.82) is 0 Å². The number of urea groups is 1. The average Bonchev–Trinajstić information content (AvgIpc) is 3.34. The number of imide groups is 1. The van der Waals surface area contributed by atoms with Crippen LogP contribution in [-0.4, -0.2) is 38.8 Å². The van der Waals surface area contributed by atoms with Crippen molar-refractivity contribution < 1.29 is 24.2 Å². The SMILES string of the molecule is CCCc1nc2ccc(N3C(=O)NC(C)C3=O)cc2n1Cc1ccc(-c2ccccc2OC(=O)O)cc1. The first kappa shape index (κ1) is 24.1. The Labute approximate surface area is 213 Å². The first-order chi connectivity index (χ1) is 17.9. The summed E-state index contributed by atoms with van der Waals surface area (Å²) in [4.78, 5) is 42.0. The summed E-state index contributed by atoms with van der Waals surface area (Å²) in [6.45, 7) is 4.30. The van der Waals surface area contributed by atoms with Gasteiger partial charge in [-0.15, -0.1) is 0 Å². The summed E-state index contributed by atoms with van der Waals surface area (Å²) in [6.07, 6.45) is 0.337. The number of carbonyl (C=O) groups excluding carboxylic acids is 2. The first-order valence-electron chi connectivity index (χ1n) is 12.1. The zero-order valence-corrected chi connectivity index (χ0v) is 20.5. The van der Waals surface area contributed by atoms with Crippen LogP contribution in [0.5, 0.6) is 5.75 Å². The summed E-state index contributed by atoms with van der Waals surface area (Å²) < 4.78 is 7.04. The monoisotopic (exact) mass is 498 g/mol. The average molecular weight is 499 g/mol. The standard InChI is InChI=1S/C28H26N4O5/c1-3-6-25-30-22-14-13-20(32-26(33)17(2)29-27(32)34)15-23(22)31(25)16-18-9-11-19(12-10-18)21-7-4-5-8-24(21)37-28(35)36/h4-5,7-15,17H,3,6,16H2,1-2H3,(H,29,34)(H,35,36). The summed E-state index contributed by atoms with van der Waals surface area (Å²) in [5.74, 6) is 0.910. The van der Waals surface area contributed by atoms with Crippen molar-refractivity contribution in [1.82, 2.24) is 14.9 Å². The minimum Gasteiger partial charge on any atom is -0.449 e. The van der Waals surface area contributed by atoms with E-state index in [4.69, 9.17) is 14.8 Å². The summed E-state index contributed by atoms with van der Waals surface area (Å²) in [5, 5.41) is 11.7. The van der Waals surface area contributed by atoms with Gasteiger partial charge in [0.1, 0.15) is 17.6 Å². The molecule has 1 atom stereocenters. The molecule has 0 spiro atoms. The van der Waals surface area contributed by atoms with Crippen LogP contribution in [0.15, 0.2) is 66.7 Å². The van der Waals surface area contributed by atoms with Gasteiger partial charge in [0.2, 0.25) is 0 Å². The Bertz CT molecular complexity index is 1510. The highest BCUT2D eigenvalue weighted by Crippen LogP contribution is 2.31. The Kier molecular flexibility index (Phi) is 6.35. The van der Waals surface area contributed by atoms with Gasteiger partial charge in [-0.05, 0) is 48.7 Å². The molecule has 2 heterocycles. The minimum absolute atomic E-state index is 0.274. The number of imidazole rings is 1. The number of carbonyl (C=O) groups is 3. The smallest absolute Gasteiger partial charge is 0.449 e. The van der Waals surface area contributed by atoms with Gasteiger partial charge in [-0.1, -0.05) is 49.4 Å². The minimum atomic E-state index is -1.36. The number of para-hydroxylation sites is 1. The molecule has 0 radical (unpaired) electrons. The van der Waals surface area contributed by atoms with Crippen LogP contribution >= 0.6 is 0 Å². The van der Waals surface area contributed by atoms with Crippen LogP contribution in [0.25, 0.3) is 22.2 Å². The van der Waals surface area contributed by atoms with E-state index in [1.807, 2.05) is 48.5 Å². The number of benzene rings is 3. The summed E-state index contributed by atoms with van der Waals surface area (Å²) in [5.41, 5.74) is 4.68. The number of hydrogen-bond donors (Lipinski definition) is 2. The van der Waals surface area contributed by atoms with Crippen LogP contribution in [0.4, 0.5) is 15.3 Å². The van der Waals surface area contributed by atoms with Gasteiger partial charge in [0.15, 0.2) is 0 Å². The third-order valence-corrected chi connectivity index (χ3v) is 6.37. The quantitative estimate of drug-likeness (QED) is 0.206. The highest BCUT2D eigenvalue weighted by atomic mass is 16.7. The molecule has 1 aromatic heterocycles. The molecule has 3 amide bonds. The van der Waals surface area contributed by atoms with Gasteiger partial charge in [-0.3, -0.25) is 4.79 Å². The van der Waals surface area contributed by atoms with Crippen LogP contribution in [-0.2, 0) is 17.8 Å². The number of anilines is 1. The number of nitrogens with one attached hydrogen (secondary N) is 1. The Hall–Kier alpha value is -4.66. The highest BCUT2D eigenvalue weighted by Gasteiger charge is 2.36. The molecule has 1 aliphatic rings. The van der Waals surface area contributed by atoms with Crippen LogP contribution in [0.2, 0.25) is 0 Å². The maximum Gasteiger partial charge on any atom is 0.511 e. The van der Waals surface area contributed by atoms with Crippen LogP contribution in [0, 0.1) is 0 Å². The maximum absolute atomic E-state index is 12.5. The van der Waals surface area contributed by atoms with E-state index in [1.165, 1.54) is 4.90 Å². The maximum atomic E-state index is 12.5. The van der Waals surface area contributed by atoms with Crippen molar-refractivity contribution in [2.24, 2.45) is 0 Å². The molecule has 0 aliphatic carbocycles. The molecule has 1 saturated heterocycles. The number of nitrogens with zero attached hydrogens (tertiary/aromatic N) is 3. The lowest BCUT2D eigenvalue weighted by molar-refractivity contribution is -0.117. The van der Waals surface area contributed by atoms with E-state index in [1.54, 1.807) is 25.1 Å². The predicted molar refractivity (Wildman–Crippen MR) is 139 cm³/mol. The van der Waals surface area contributed by atoms with Crippen molar-refractivity contribution in [3.63, 3.8) is 0 Å². The largest absolute Gasteiger partial charge is 0.511 e. The fourth-order valence-electron chi connectivity index (χ4n) is 4.60. The second-order valence-corrected chi connectivity index (χ2v) is 8.94. The lowest BCUT2D eigenvalue weighted by Crippen LogP contribution is -2.30. The molecule has 0 bridgehead atoms. The number of fused-ring (bicyclic) bond motifs is 1. The van der Waals surface area contributed by atoms with Crippen LogP contribution in [0.3, 0.4) is 0 Å². The molecular weight excluding hydrogens is 472 g/mol. The van der Waals surface area contributed by atoms with E-state index in [2.05, 4.69) is 16.8 Å². The molecule has 9 heteroatoms. The number of hydrogen-bond acceptors (Lipinski definition) is 5. The number of aromatic nitrogens is 2. The molecule has 4 aromatic rings. The van der Waals surface area contributed by atoms with E-state index in [-0.39, 0.29) is 11.7 Å². The lowest BCUT2D eigenvalue weighted by atomic mass is 10.0. The van der Waals surface area contributed by atoms with Gasteiger partial charge in [0, 0.05) is 18.5 Å². The van der Waals surface area contributed by atoms with Crippen molar-refractivity contribution >= 4 is 34.8 Å². The molecule has 1 aliphatic heterocycles. The number of aryl methyl sites for hydroxylation is 1. The van der Waals surface area contributed by atoms with Crippen molar-refractivity contribution in [3.8, 4) is 16.9 Å². The van der Waals surface area contributed by atoms with E-state index in [0.29, 0.717) is 17.8 Å². The Morgan fingerprint density at radius 2 is 1.84 bits per heavy atom. The molecule has 1 unspecified atom stereocenters. The third-order valence-electron chi connectivity index (χ3n) is 6.37. The van der Waals surface area contributed by atoms with Gasteiger partial charge in [-0.25, -0.2) is 19.5 Å². The zero-order chi connectivity index (χ0) is 26.1. The molecule has 3 aromatic carbocycles. The second kappa shape index (κ2) is 9.77. The Balaban J connectivity index is 1.49. The molecular formula is C28H26N4O5. The van der Waals surface area contributed by atoms with E-state index < -0.39 is 18.2 Å². The van der Waals surface area contributed by atoms with Gasteiger partial charge < -0.3 is 19.7 Å². The van der Waals surface area contributed by atoms with Crippen LogP contribution in [0.1, 0.15) is 31.7 Å². The van der Waals surface area contributed by atoms with Gasteiger partial charge >= 0.3 is 12.2 Å². The van der Waals surface area contributed by atoms with Crippen molar-refractivity contribution in [3.05, 3.63) is 78.1 Å². The summed E-state index contributed by atoms with van der Waals surface area (Å²) in [6, 6.07) is 19.2. The zero-order valence-electron chi connectivity index (χ0n) is 20.5. The van der Waals surface area contributed by atoms with Crippen molar-refractivity contribution in [2.75, 3.05) is 4.90 Å². The predicted octanol–water partition coefficient (Wildman–Crippen LogP) is 5.21. The highest BCUT2D eigenvalue weighted by molar-refractivity contribution is 6.21. The number of rotatable bonds is 7. The molecule has 2 N–H and O–H groups in total. The van der Waals surface area contributed by atoms with E-state index >= 15 is 0 Å². The third kappa shape index (κ3) is 4.63. The molecule has 9 nitrogen and oxygen atoms in total. The fraction of sp³-hybridized carbons (Fsp3) is 0.214. The van der Waals surface area contributed by atoms with Crippen molar-refractivity contribution in [2.45, 2.75) is 39.3 Å². The lowest BCUT2D eigenvalue weighted by Gasteiger charge is -2.14. The van der Waals surface area contributed by atoms with Gasteiger partial charge in [-0.2, -0.15) is 0 Å². The second-order valence-electron chi connectivity index (χ2n) is 8.94. The van der Waals surface area contributed by atoms with E-state index in [0.717, 1.165) is 40.8 Å². The molecule has 37 heavy (non-hydrogen) atoms. The summed E-state index contributed by atoms with van der Waals surface area (Å²) >= 11 is 0. The van der Waals surface area contributed by atoms with Gasteiger partial charge in [0.05, 0.1) is 16.7 Å². The number of ether oxygens (including phenoxy) is 1. The Morgan fingerprint density at radius 1 is 1.08 bits per heavy atom. The van der Waals surface area contributed by atoms with Crippen LogP contribution < -0.4 is 15.0 Å². The van der Waals surface area contributed by atoms with Gasteiger partial charge in [0.25, 0.3) is 5.91 Å². The molecule has 1 fully saturated rings.